The molecule has 3 heterocycles. The molecule has 0 radical (unpaired) electrons. The molecule has 38 heavy (non-hydrogen) atoms. The molecule has 3 aromatic carbocycles. The number of rotatable bonds is 7. The van der Waals surface area contributed by atoms with Crippen molar-refractivity contribution in [1.82, 2.24) is 19.7 Å². The van der Waals surface area contributed by atoms with Crippen LogP contribution < -0.4 is 10.2 Å². The molecule has 0 aliphatic carbocycles. The minimum Gasteiger partial charge on any atom is -0.360 e. The number of halogens is 1. The Morgan fingerprint density at radius 3 is 2.53 bits per heavy atom. The molecule has 0 spiro atoms. The van der Waals surface area contributed by atoms with Crippen LogP contribution in [0.15, 0.2) is 84.1 Å². The molecule has 0 saturated carbocycles. The first-order valence-corrected chi connectivity index (χ1v) is 13.5. The number of hydrogen-bond acceptors (Lipinski definition) is 5. The number of hydrogen-bond donors (Lipinski definition) is 2. The molecular weight excluding hydrogens is 520 g/mol. The molecular formula is C28H23ClN6O2S. The Morgan fingerprint density at radius 1 is 1.00 bits per heavy atom. The number of anilines is 2. The second-order valence-corrected chi connectivity index (χ2v) is 10.3. The van der Waals surface area contributed by atoms with Gasteiger partial charge in [-0.25, -0.2) is 0 Å². The van der Waals surface area contributed by atoms with Gasteiger partial charge < -0.3 is 15.2 Å². The van der Waals surface area contributed by atoms with E-state index in [0.717, 1.165) is 40.8 Å². The number of H-pyrrole nitrogens is 1. The highest BCUT2D eigenvalue weighted by molar-refractivity contribution is 7.99. The van der Waals surface area contributed by atoms with Crippen molar-refractivity contribution in [2.24, 2.45) is 0 Å². The minimum atomic E-state index is -0.167. The zero-order valence-corrected chi connectivity index (χ0v) is 21.8. The van der Waals surface area contributed by atoms with Gasteiger partial charge in [0.25, 0.3) is 0 Å². The topological polar surface area (TPSA) is 95.9 Å². The monoisotopic (exact) mass is 542 g/mol. The molecule has 5 aromatic rings. The number of benzene rings is 3. The summed E-state index contributed by atoms with van der Waals surface area (Å²) in [6.07, 6.45) is 3.37. The van der Waals surface area contributed by atoms with Crippen LogP contribution in [0.25, 0.3) is 28.0 Å². The maximum absolute atomic E-state index is 12.8. The summed E-state index contributed by atoms with van der Waals surface area (Å²) in [5, 5.41) is 14.1. The van der Waals surface area contributed by atoms with E-state index >= 15 is 0 Å². The van der Waals surface area contributed by atoms with Gasteiger partial charge in [0.15, 0.2) is 11.0 Å². The molecule has 1 fully saturated rings. The quantitative estimate of drug-likeness (QED) is 0.249. The maximum atomic E-state index is 12.8. The van der Waals surface area contributed by atoms with E-state index in [9.17, 15) is 9.59 Å². The van der Waals surface area contributed by atoms with Crippen LogP contribution in [0.2, 0.25) is 5.02 Å². The number of carbonyl (C=O) groups excluding carboxylic acids is 2. The van der Waals surface area contributed by atoms with Gasteiger partial charge >= 0.3 is 0 Å². The zero-order chi connectivity index (χ0) is 26.1. The van der Waals surface area contributed by atoms with E-state index in [2.05, 4.69) is 20.5 Å². The summed E-state index contributed by atoms with van der Waals surface area (Å²) >= 11 is 7.44. The normalized spacial score (nSPS) is 13.4. The summed E-state index contributed by atoms with van der Waals surface area (Å²) in [5.74, 6) is 0.778. The van der Waals surface area contributed by atoms with Gasteiger partial charge in [-0.15, -0.1) is 10.2 Å². The van der Waals surface area contributed by atoms with Crippen molar-refractivity contribution in [3.8, 4) is 17.1 Å². The van der Waals surface area contributed by atoms with Gasteiger partial charge in [-0.3, -0.25) is 14.2 Å². The van der Waals surface area contributed by atoms with Crippen LogP contribution in [0.3, 0.4) is 0 Å². The number of nitrogens with zero attached hydrogens (tertiary/aromatic N) is 4. The summed E-state index contributed by atoms with van der Waals surface area (Å²) in [6, 6.07) is 22.8. The third-order valence-electron chi connectivity index (χ3n) is 6.42. The second-order valence-electron chi connectivity index (χ2n) is 8.90. The lowest BCUT2D eigenvalue weighted by atomic mass is 10.1. The molecule has 6 rings (SSSR count). The van der Waals surface area contributed by atoms with Crippen LogP contribution in [0, 0.1) is 0 Å². The molecule has 1 aliphatic heterocycles. The van der Waals surface area contributed by atoms with Crippen LogP contribution in [0.1, 0.15) is 12.8 Å². The minimum absolute atomic E-state index is 0.134. The molecule has 190 valence electrons. The number of para-hydroxylation sites is 1. The van der Waals surface area contributed by atoms with Crippen molar-refractivity contribution in [2.45, 2.75) is 18.0 Å². The van der Waals surface area contributed by atoms with E-state index in [1.807, 2.05) is 83.6 Å². The largest absolute Gasteiger partial charge is 0.360 e. The second kappa shape index (κ2) is 10.4. The lowest BCUT2D eigenvalue weighted by Crippen LogP contribution is -2.23. The molecule has 0 bridgehead atoms. The Kier molecular flexibility index (Phi) is 6.61. The lowest BCUT2D eigenvalue weighted by Gasteiger charge is -2.16. The first-order chi connectivity index (χ1) is 18.6. The van der Waals surface area contributed by atoms with Crippen molar-refractivity contribution in [2.75, 3.05) is 22.5 Å². The highest BCUT2D eigenvalue weighted by Gasteiger charge is 2.22. The standard InChI is InChI=1S/C28H23ClN6O2S/c29-18-7-11-21(12-8-18)35-27(23-16-30-24-5-2-1-4-22(23)24)32-33-28(35)38-17-25(36)31-19-9-13-20(14-10-19)34-15-3-6-26(34)37/h1-2,4-5,7-14,16,30H,3,6,15,17H2,(H,31,36). The Hall–Kier alpha value is -4.08. The predicted molar refractivity (Wildman–Crippen MR) is 151 cm³/mol. The van der Waals surface area contributed by atoms with Crippen LogP contribution >= 0.6 is 23.4 Å². The molecule has 1 aliphatic rings. The number of nitrogens with one attached hydrogen (secondary N) is 2. The molecule has 0 atom stereocenters. The van der Waals surface area contributed by atoms with Crippen LogP contribution in [-0.2, 0) is 9.59 Å². The van der Waals surface area contributed by atoms with Gasteiger partial charge in [-0.1, -0.05) is 41.6 Å². The number of amides is 2. The fourth-order valence-corrected chi connectivity index (χ4v) is 5.47. The fraction of sp³-hybridized carbons (Fsp3) is 0.143. The van der Waals surface area contributed by atoms with Gasteiger partial charge in [-0.2, -0.15) is 0 Å². The van der Waals surface area contributed by atoms with Crippen molar-refractivity contribution in [3.05, 3.63) is 84.0 Å². The number of fused-ring (bicyclic) bond motifs is 1. The Labute approximate surface area is 228 Å². The van der Waals surface area contributed by atoms with Gasteiger partial charge in [0.2, 0.25) is 11.8 Å². The van der Waals surface area contributed by atoms with E-state index in [1.165, 1.54) is 11.8 Å². The highest BCUT2D eigenvalue weighted by Crippen LogP contribution is 2.33. The molecule has 1 saturated heterocycles. The Bertz CT molecular complexity index is 1630. The van der Waals surface area contributed by atoms with Crippen molar-refractivity contribution < 1.29 is 9.59 Å². The van der Waals surface area contributed by atoms with Crippen LogP contribution in [-0.4, -0.2) is 43.9 Å². The van der Waals surface area contributed by atoms with Crippen LogP contribution in [0.4, 0.5) is 11.4 Å². The van der Waals surface area contributed by atoms with Gasteiger partial charge in [0.05, 0.1) is 5.75 Å². The lowest BCUT2D eigenvalue weighted by molar-refractivity contribution is -0.117. The number of aromatic amines is 1. The predicted octanol–water partition coefficient (Wildman–Crippen LogP) is 5.93. The Balaban J connectivity index is 1.22. The summed E-state index contributed by atoms with van der Waals surface area (Å²) in [7, 11) is 0. The van der Waals surface area contributed by atoms with Gasteiger partial charge in [0.1, 0.15) is 0 Å². The number of aromatic nitrogens is 4. The molecule has 2 amide bonds. The highest BCUT2D eigenvalue weighted by atomic mass is 35.5. The third-order valence-corrected chi connectivity index (χ3v) is 7.60. The van der Waals surface area contributed by atoms with Crippen LogP contribution in [0.5, 0.6) is 0 Å². The van der Waals surface area contributed by atoms with E-state index in [1.54, 1.807) is 4.90 Å². The summed E-state index contributed by atoms with van der Waals surface area (Å²) in [5.41, 5.74) is 4.28. The zero-order valence-electron chi connectivity index (χ0n) is 20.2. The number of carbonyl (C=O) groups is 2. The van der Waals surface area contributed by atoms with E-state index in [-0.39, 0.29) is 17.6 Å². The van der Waals surface area contributed by atoms with Gasteiger partial charge in [-0.05, 0) is 61.0 Å². The summed E-state index contributed by atoms with van der Waals surface area (Å²) < 4.78 is 1.94. The van der Waals surface area contributed by atoms with E-state index in [4.69, 9.17) is 11.6 Å². The van der Waals surface area contributed by atoms with E-state index < -0.39 is 0 Å². The first kappa shape index (κ1) is 24.3. The summed E-state index contributed by atoms with van der Waals surface area (Å²) in [6.45, 7) is 0.732. The molecule has 2 N–H and O–H groups in total. The SMILES string of the molecule is O=C(CSc1nnc(-c2c[nH]c3ccccc23)n1-c1ccc(Cl)cc1)Nc1ccc(N2CCCC2=O)cc1. The van der Waals surface area contributed by atoms with Crippen molar-refractivity contribution in [1.29, 1.82) is 0 Å². The average molecular weight is 543 g/mol. The fourth-order valence-electron chi connectivity index (χ4n) is 4.59. The number of thioether (sulfide) groups is 1. The van der Waals surface area contributed by atoms with Gasteiger partial charge in [0, 0.05) is 57.7 Å². The van der Waals surface area contributed by atoms with Crippen molar-refractivity contribution in [3.63, 3.8) is 0 Å². The smallest absolute Gasteiger partial charge is 0.234 e. The molecule has 8 nitrogen and oxygen atoms in total. The summed E-state index contributed by atoms with van der Waals surface area (Å²) in [4.78, 5) is 29.8. The molecule has 2 aromatic heterocycles. The molecule has 10 heteroatoms. The maximum Gasteiger partial charge on any atom is 0.234 e. The molecule has 0 unspecified atom stereocenters. The average Bonchev–Trinajstić information content (AvgIpc) is 3.66. The Morgan fingerprint density at radius 2 is 1.76 bits per heavy atom. The third kappa shape index (κ3) is 4.78. The first-order valence-electron chi connectivity index (χ1n) is 12.2. The van der Waals surface area contributed by atoms with Crippen molar-refractivity contribution >= 4 is 57.5 Å². The van der Waals surface area contributed by atoms with E-state index in [0.29, 0.717) is 28.1 Å².